The minimum atomic E-state index is -0.325. The number of hydrogen-bond acceptors (Lipinski definition) is 5. The lowest BCUT2D eigenvalue weighted by molar-refractivity contribution is 0.175. The van der Waals surface area contributed by atoms with Crippen molar-refractivity contribution in [2.75, 3.05) is 27.4 Å². The van der Waals surface area contributed by atoms with Gasteiger partial charge < -0.3 is 14.4 Å². The molecule has 2 aromatic carbocycles. The molecule has 132 valence electrons. The van der Waals surface area contributed by atoms with Gasteiger partial charge in [0.2, 0.25) is 6.79 Å². The summed E-state index contributed by atoms with van der Waals surface area (Å²) in [4.78, 5) is 28.1. The monoisotopic (exact) mass is 351 g/mol. The summed E-state index contributed by atoms with van der Waals surface area (Å²) in [6.07, 6.45) is 0. The van der Waals surface area contributed by atoms with E-state index in [-0.39, 0.29) is 18.0 Å². The van der Waals surface area contributed by atoms with Crippen molar-refractivity contribution < 1.29 is 9.47 Å². The van der Waals surface area contributed by atoms with Gasteiger partial charge in [0.25, 0.3) is 5.56 Å². The first-order valence-electron chi connectivity index (χ1n) is 8.44. The van der Waals surface area contributed by atoms with Gasteiger partial charge >= 0.3 is 5.69 Å². The van der Waals surface area contributed by atoms with E-state index < -0.39 is 0 Å². The highest BCUT2D eigenvalue weighted by molar-refractivity contribution is 6.16. The fourth-order valence-corrected chi connectivity index (χ4v) is 3.74. The third kappa shape index (κ3) is 1.86. The molecule has 0 aliphatic carbocycles. The Morgan fingerprint density at radius 3 is 2.69 bits per heavy atom. The van der Waals surface area contributed by atoms with Crippen LogP contribution >= 0.6 is 0 Å². The fraction of sp³-hybridized carbons (Fsp3) is 0.263. The Kier molecular flexibility index (Phi) is 3.05. The Balaban J connectivity index is 1.98. The van der Waals surface area contributed by atoms with E-state index in [9.17, 15) is 9.59 Å². The molecule has 0 N–H and O–H groups in total. The van der Waals surface area contributed by atoms with E-state index in [2.05, 4.69) is 0 Å². The van der Waals surface area contributed by atoms with Crippen LogP contribution in [0.3, 0.4) is 0 Å². The van der Waals surface area contributed by atoms with Crippen LogP contribution in [0.1, 0.15) is 0 Å². The first-order chi connectivity index (χ1) is 12.6. The largest absolute Gasteiger partial charge is 0.454 e. The summed E-state index contributed by atoms with van der Waals surface area (Å²) in [5.41, 5.74) is 0.785. The van der Waals surface area contributed by atoms with E-state index in [4.69, 9.17) is 9.47 Å². The second kappa shape index (κ2) is 5.22. The standard InChI is InChI=1S/C19H17N3O4/c1-20(2)8-9-21-18(23)12-5-3-4-11-15-13(22(16(11)12)19(21)24)6-7-14-17(15)26-10-25-14/h3-7H,8-10H2,1-2H3. The Hall–Kier alpha value is -3.06. The van der Waals surface area contributed by atoms with Gasteiger partial charge in [0.1, 0.15) is 0 Å². The van der Waals surface area contributed by atoms with E-state index in [1.807, 2.05) is 37.2 Å². The Morgan fingerprint density at radius 1 is 1.08 bits per heavy atom. The van der Waals surface area contributed by atoms with Gasteiger partial charge in [0.15, 0.2) is 11.5 Å². The van der Waals surface area contributed by atoms with Gasteiger partial charge in [-0.25, -0.2) is 4.79 Å². The summed E-state index contributed by atoms with van der Waals surface area (Å²) in [7, 11) is 3.83. The third-order valence-corrected chi connectivity index (χ3v) is 4.96. The summed E-state index contributed by atoms with van der Waals surface area (Å²) in [5.74, 6) is 1.29. The van der Waals surface area contributed by atoms with Gasteiger partial charge in [0, 0.05) is 18.5 Å². The minimum absolute atomic E-state index is 0.155. The van der Waals surface area contributed by atoms with Gasteiger partial charge in [-0.2, -0.15) is 0 Å². The lowest BCUT2D eigenvalue weighted by Gasteiger charge is -2.12. The van der Waals surface area contributed by atoms with Crippen molar-refractivity contribution in [3.63, 3.8) is 0 Å². The highest BCUT2D eigenvalue weighted by Crippen LogP contribution is 2.43. The molecule has 0 unspecified atom stereocenters. The third-order valence-electron chi connectivity index (χ3n) is 4.96. The predicted molar refractivity (Wildman–Crippen MR) is 98.8 cm³/mol. The molecule has 0 spiro atoms. The zero-order valence-corrected chi connectivity index (χ0v) is 14.5. The molecule has 0 saturated heterocycles. The number of para-hydroxylation sites is 1. The molecular formula is C19H17N3O4. The zero-order chi connectivity index (χ0) is 18.0. The van der Waals surface area contributed by atoms with Crippen LogP contribution in [0.5, 0.6) is 11.5 Å². The SMILES string of the molecule is CN(C)CCn1c(=O)c2cccc3c4c5c(ccc4n(c1=O)c23)OCO5. The van der Waals surface area contributed by atoms with Crippen molar-refractivity contribution in [1.82, 2.24) is 13.9 Å². The van der Waals surface area contributed by atoms with Crippen molar-refractivity contribution in [2.24, 2.45) is 0 Å². The average molecular weight is 351 g/mol. The van der Waals surface area contributed by atoms with Gasteiger partial charge in [-0.05, 0) is 32.3 Å². The van der Waals surface area contributed by atoms with Gasteiger partial charge in [-0.1, -0.05) is 12.1 Å². The van der Waals surface area contributed by atoms with Crippen molar-refractivity contribution in [1.29, 1.82) is 0 Å². The van der Waals surface area contributed by atoms with Crippen molar-refractivity contribution in [2.45, 2.75) is 6.54 Å². The maximum absolute atomic E-state index is 13.2. The van der Waals surface area contributed by atoms with Crippen LogP contribution < -0.4 is 20.7 Å². The number of aromatic nitrogens is 2. The smallest absolute Gasteiger partial charge is 0.336 e. The molecule has 7 nitrogen and oxygen atoms in total. The summed E-state index contributed by atoms with van der Waals surface area (Å²) in [6, 6.07) is 9.18. The molecule has 7 heteroatoms. The van der Waals surface area contributed by atoms with Crippen LogP contribution in [0, 0.1) is 0 Å². The molecule has 2 aromatic heterocycles. The van der Waals surface area contributed by atoms with Crippen molar-refractivity contribution in [3.8, 4) is 11.5 Å². The number of benzene rings is 2. The first-order valence-corrected chi connectivity index (χ1v) is 8.44. The molecule has 26 heavy (non-hydrogen) atoms. The summed E-state index contributed by atoms with van der Waals surface area (Å²) in [5, 5.41) is 2.17. The normalized spacial score (nSPS) is 13.7. The summed E-state index contributed by atoms with van der Waals surface area (Å²) >= 11 is 0. The first kappa shape index (κ1) is 15.2. The Morgan fingerprint density at radius 2 is 1.88 bits per heavy atom. The zero-order valence-electron chi connectivity index (χ0n) is 14.5. The Labute approximate surface area is 147 Å². The van der Waals surface area contributed by atoms with E-state index in [1.54, 1.807) is 16.5 Å². The number of rotatable bonds is 3. The molecule has 0 saturated carbocycles. The number of nitrogens with zero attached hydrogens (tertiary/aromatic N) is 3. The van der Waals surface area contributed by atoms with E-state index >= 15 is 0 Å². The maximum atomic E-state index is 13.2. The van der Waals surface area contributed by atoms with Crippen LogP contribution in [0.4, 0.5) is 0 Å². The fourth-order valence-electron chi connectivity index (χ4n) is 3.74. The predicted octanol–water partition coefficient (Wildman–Crippen LogP) is 1.50. The molecule has 0 amide bonds. The Bertz CT molecular complexity index is 1290. The topological polar surface area (TPSA) is 65.2 Å². The van der Waals surface area contributed by atoms with E-state index in [0.717, 1.165) is 16.3 Å². The number of likely N-dealkylation sites (N-methyl/N-ethyl adjacent to an activating group) is 1. The van der Waals surface area contributed by atoms with Crippen molar-refractivity contribution >= 4 is 27.2 Å². The molecule has 0 radical (unpaired) electrons. The van der Waals surface area contributed by atoms with Crippen LogP contribution in [0.2, 0.25) is 0 Å². The highest BCUT2D eigenvalue weighted by atomic mass is 16.7. The number of hydrogen-bond donors (Lipinski definition) is 0. The second-order valence-electron chi connectivity index (χ2n) is 6.77. The molecule has 1 aliphatic heterocycles. The summed E-state index contributed by atoms with van der Waals surface area (Å²) < 4.78 is 14.1. The lowest BCUT2D eigenvalue weighted by Crippen LogP contribution is -2.39. The molecule has 1 aliphatic rings. The molecule has 3 heterocycles. The molecule has 0 atom stereocenters. The molecule has 0 bridgehead atoms. The van der Waals surface area contributed by atoms with E-state index in [1.165, 1.54) is 4.57 Å². The molecule has 4 aromatic rings. The molecular weight excluding hydrogens is 334 g/mol. The number of ether oxygens (including phenoxy) is 2. The van der Waals surface area contributed by atoms with Gasteiger partial charge in [-0.15, -0.1) is 0 Å². The maximum Gasteiger partial charge on any atom is 0.336 e. The lowest BCUT2D eigenvalue weighted by atomic mass is 10.1. The second-order valence-corrected chi connectivity index (χ2v) is 6.77. The van der Waals surface area contributed by atoms with Crippen LogP contribution in [-0.2, 0) is 6.54 Å². The minimum Gasteiger partial charge on any atom is -0.454 e. The molecule has 0 fully saturated rings. The van der Waals surface area contributed by atoms with Crippen LogP contribution in [0.25, 0.3) is 27.2 Å². The average Bonchev–Trinajstić information content (AvgIpc) is 3.21. The number of fused-ring (bicyclic) bond motifs is 5. The molecule has 5 rings (SSSR count). The van der Waals surface area contributed by atoms with Crippen molar-refractivity contribution in [3.05, 3.63) is 51.2 Å². The van der Waals surface area contributed by atoms with E-state index in [0.29, 0.717) is 35.5 Å². The van der Waals surface area contributed by atoms with Crippen LogP contribution in [0.15, 0.2) is 39.9 Å². The van der Waals surface area contributed by atoms with Crippen LogP contribution in [-0.4, -0.2) is 41.3 Å². The summed E-state index contributed by atoms with van der Waals surface area (Å²) in [6.45, 7) is 1.10. The van der Waals surface area contributed by atoms with Gasteiger partial charge in [0.05, 0.1) is 21.8 Å². The highest BCUT2D eigenvalue weighted by Gasteiger charge is 2.25. The quantitative estimate of drug-likeness (QED) is 0.560. The van der Waals surface area contributed by atoms with Gasteiger partial charge in [-0.3, -0.25) is 13.8 Å².